The molecule has 1 nitrogen and oxygen atoms in total. The van der Waals surface area contributed by atoms with Gasteiger partial charge in [0, 0.05) is 12.2 Å². The maximum atomic E-state index is 13.1. The van der Waals surface area contributed by atoms with Gasteiger partial charge in [-0.25, -0.2) is 17.6 Å². The highest BCUT2D eigenvalue weighted by atomic mass is 19.2. The molecule has 0 spiro atoms. The molecule has 0 aliphatic heterocycles. The minimum absolute atomic E-state index is 0.221. The van der Waals surface area contributed by atoms with Gasteiger partial charge in [0.2, 0.25) is 0 Å². The van der Waals surface area contributed by atoms with E-state index in [0.29, 0.717) is 12.7 Å². The Hall–Kier alpha value is -1.10. The van der Waals surface area contributed by atoms with Crippen LogP contribution in [0.3, 0.4) is 0 Å². The minimum Gasteiger partial charge on any atom is -0.376 e. The van der Waals surface area contributed by atoms with Gasteiger partial charge in [-0.05, 0) is 12.0 Å². The van der Waals surface area contributed by atoms with Crippen LogP contribution >= 0.6 is 0 Å². The molecule has 0 radical (unpaired) electrons. The molecular weight excluding hydrogens is 224 g/mol. The van der Waals surface area contributed by atoms with Gasteiger partial charge in [0.05, 0.1) is 6.61 Å². The number of benzene rings is 1. The van der Waals surface area contributed by atoms with Crippen LogP contribution in [0, 0.1) is 29.2 Å². The predicted octanol–water partition coefficient (Wildman–Crippen LogP) is 3.42. The SMILES string of the molecule is CC(C)COCc1cc(F)c(F)c(F)c1F. The lowest BCUT2D eigenvalue weighted by Crippen LogP contribution is -2.06. The zero-order valence-electron chi connectivity index (χ0n) is 8.99. The third kappa shape index (κ3) is 2.95. The summed E-state index contributed by atoms with van der Waals surface area (Å²) in [6, 6.07) is 0.605. The van der Waals surface area contributed by atoms with E-state index in [2.05, 4.69) is 0 Å². The van der Waals surface area contributed by atoms with Gasteiger partial charge in [-0.3, -0.25) is 0 Å². The molecule has 0 heterocycles. The Morgan fingerprint density at radius 2 is 1.69 bits per heavy atom. The second-order valence-corrected chi connectivity index (χ2v) is 3.87. The van der Waals surface area contributed by atoms with E-state index in [1.165, 1.54) is 0 Å². The summed E-state index contributed by atoms with van der Waals surface area (Å²) < 4.78 is 56.3. The van der Waals surface area contributed by atoms with E-state index in [0.717, 1.165) is 0 Å². The molecular formula is C11H12F4O. The summed E-state index contributed by atoms with van der Waals surface area (Å²) in [5, 5.41) is 0. The number of hydrogen-bond donors (Lipinski definition) is 0. The molecule has 1 rings (SSSR count). The fourth-order valence-electron chi connectivity index (χ4n) is 1.13. The van der Waals surface area contributed by atoms with Gasteiger partial charge in [0.1, 0.15) is 0 Å². The highest BCUT2D eigenvalue weighted by Gasteiger charge is 2.18. The van der Waals surface area contributed by atoms with Crippen LogP contribution in [0.2, 0.25) is 0 Å². The Kier molecular flexibility index (Phi) is 4.29. The first kappa shape index (κ1) is 13.0. The van der Waals surface area contributed by atoms with Crippen molar-refractivity contribution in [3.05, 3.63) is 34.9 Å². The van der Waals surface area contributed by atoms with Gasteiger partial charge >= 0.3 is 0 Å². The summed E-state index contributed by atoms with van der Waals surface area (Å²) in [4.78, 5) is 0. The van der Waals surface area contributed by atoms with Crippen LogP contribution in [0.5, 0.6) is 0 Å². The van der Waals surface area contributed by atoms with E-state index in [4.69, 9.17) is 4.74 Å². The molecule has 90 valence electrons. The highest BCUT2D eigenvalue weighted by molar-refractivity contribution is 5.21. The van der Waals surface area contributed by atoms with Gasteiger partial charge in [-0.15, -0.1) is 0 Å². The van der Waals surface area contributed by atoms with Crippen molar-refractivity contribution in [3.63, 3.8) is 0 Å². The van der Waals surface area contributed by atoms with Crippen LogP contribution in [-0.2, 0) is 11.3 Å². The van der Waals surface area contributed by atoms with Gasteiger partial charge in [-0.2, -0.15) is 0 Å². The Morgan fingerprint density at radius 3 is 2.25 bits per heavy atom. The highest BCUT2D eigenvalue weighted by Crippen LogP contribution is 2.19. The fraction of sp³-hybridized carbons (Fsp3) is 0.455. The number of ether oxygens (including phenoxy) is 1. The first-order valence-electron chi connectivity index (χ1n) is 4.83. The third-order valence-corrected chi connectivity index (χ3v) is 1.89. The maximum absolute atomic E-state index is 13.1. The van der Waals surface area contributed by atoms with Crippen molar-refractivity contribution in [2.24, 2.45) is 5.92 Å². The van der Waals surface area contributed by atoms with Crippen LogP contribution in [0.1, 0.15) is 19.4 Å². The fourth-order valence-corrected chi connectivity index (χ4v) is 1.13. The van der Waals surface area contributed by atoms with Crippen LogP contribution in [0.15, 0.2) is 6.07 Å². The average molecular weight is 236 g/mol. The summed E-state index contributed by atoms with van der Waals surface area (Å²) in [5.74, 6) is -6.20. The molecule has 0 N–H and O–H groups in total. The van der Waals surface area contributed by atoms with Crippen LogP contribution < -0.4 is 0 Å². The van der Waals surface area contributed by atoms with Crippen LogP contribution in [-0.4, -0.2) is 6.61 Å². The quantitative estimate of drug-likeness (QED) is 0.442. The van der Waals surface area contributed by atoms with Gasteiger partial charge in [0.15, 0.2) is 23.3 Å². The van der Waals surface area contributed by atoms with E-state index >= 15 is 0 Å². The van der Waals surface area contributed by atoms with Gasteiger partial charge < -0.3 is 4.74 Å². The predicted molar refractivity (Wildman–Crippen MR) is 50.8 cm³/mol. The zero-order chi connectivity index (χ0) is 12.3. The van der Waals surface area contributed by atoms with Crippen molar-refractivity contribution >= 4 is 0 Å². The standard InChI is InChI=1S/C11H12F4O/c1-6(2)4-16-5-7-3-8(12)10(14)11(15)9(7)13/h3,6H,4-5H2,1-2H3. The summed E-state index contributed by atoms with van der Waals surface area (Å²) in [6.07, 6.45) is 0. The van der Waals surface area contributed by atoms with Crippen molar-refractivity contribution in [3.8, 4) is 0 Å². The number of rotatable bonds is 4. The smallest absolute Gasteiger partial charge is 0.197 e. The van der Waals surface area contributed by atoms with Crippen molar-refractivity contribution in [1.29, 1.82) is 0 Å². The molecule has 0 saturated carbocycles. The molecule has 0 aliphatic rings. The number of halogens is 4. The molecule has 0 amide bonds. The Bertz CT molecular complexity index is 377. The van der Waals surface area contributed by atoms with E-state index < -0.39 is 23.3 Å². The lowest BCUT2D eigenvalue weighted by molar-refractivity contribution is 0.0941. The largest absolute Gasteiger partial charge is 0.376 e. The molecule has 0 atom stereocenters. The molecule has 0 fully saturated rings. The Balaban J connectivity index is 2.81. The first-order valence-corrected chi connectivity index (χ1v) is 4.83. The lowest BCUT2D eigenvalue weighted by atomic mass is 10.2. The molecule has 1 aromatic carbocycles. The second-order valence-electron chi connectivity index (χ2n) is 3.87. The monoisotopic (exact) mass is 236 g/mol. The summed E-state index contributed by atoms with van der Waals surface area (Å²) in [7, 11) is 0. The Labute approximate surface area is 91.0 Å². The van der Waals surface area contributed by atoms with Crippen molar-refractivity contribution in [2.75, 3.05) is 6.61 Å². The first-order chi connectivity index (χ1) is 7.43. The zero-order valence-corrected chi connectivity index (χ0v) is 8.99. The van der Waals surface area contributed by atoms with E-state index in [9.17, 15) is 17.6 Å². The summed E-state index contributed by atoms with van der Waals surface area (Å²) in [6.45, 7) is 3.81. The summed E-state index contributed by atoms with van der Waals surface area (Å²) >= 11 is 0. The normalized spacial score (nSPS) is 11.2. The van der Waals surface area contributed by atoms with E-state index in [1.807, 2.05) is 13.8 Å². The second kappa shape index (κ2) is 5.30. The molecule has 0 bridgehead atoms. The van der Waals surface area contributed by atoms with Gasteiger partial charge in [0.25, 0.3) is 0 Å². The molecule has 16 heavy (non-hydrogen) atoms. The minimum atomic E-state index is -1.80. The van der Waals surface area contributed by atoms with E-state index in [-0.39, 0.29) is 18.1 Å². The number of hydrogen-bond acceptors (Lipinski definition) is 1. The van der Waals surface area contributed by atoms with Crippen molar-refractivity contribution in [1.82, 2.24) is 0 Å². The summed E-state index contributed by atoms with van der Waals surface area (Å²) in [5.41, 5.74) is -0.322. The van der Waals surface area contributed by atoms with Gasteiger partial charge in [-0.1, -0.05) is 13.8 Å². The van der Waals surface area contributed by atoms with Crippen LogP contribution in [0.25, 0.3) is 0 Å². The molecule has 0 unspecified atom stereocenters. The topological polar surface area (TPSA) is 9.23 Å². The molecule has 5 heteroatoms. The molecule has 0 aliphatic carbocycles. The molecule has 0 aromatic heterocycles. The maximum Gasteiger partial charge on any atom is 0.197 e. The van der Waals surface area contributed by atoms with Crippen molar-refractivity contribution < 1.29 is 22.3 Å². The third-order valence-electron chi connectivity index (χ3n) is 1.89. The van der Waals surface area contributed by atoms with Crippen LogP contribution in [0.4, 0.5) is 17.6 Å². The molecule has 0 saturated heterocycles. The van der Waals surface area contributed by atoms with Crippen molar-refractivity contribution in [2.45, 2.75) is 20.5 Å². The lowest BCUT2D eigenvalue weighted by Gasteiger charge is -2.08. The molecule has 1 aromatic rings. The average Bonchev–Trinajstić information content (AvgIpc) is 2.22. The Morgan fingerprint density at radius 1 is 1.06 bits per heavy atom. The van der Waals surface area contributed by atoms with E-state index in [1.54, 1.807) is 0 Å².